The summed E-state index contributed by atoms with van der Waals surface area (Å²) < 4.78 is 0. The minimum absolute atomic E-state index is 0.167. The molecule has 0 aliphatic rings. The van der Waals surface area contributed by atoms with E-state index in [1.807, 2.05) is 0 Å². The predicted molar refractivity (Wildman–Crippen MR) is 63.2 cm³/mol. The zero-order chi connectivity index (χ0) is 13.5. The number of carbonyl (C=O) groups excluding carboxylic acids is 2. The van der Waals surface area contributed by atoms with Gasteiger partial charge in [0.1, 0.15) is 6.04 Å². The second-order valence-corrected chi connectivity index (χ2v) is 3.67. The van der Waals surface area contributed by atoms with Gasteiger partial charge in [0.2, 0.25) is 12.0 Å². The molecule has 6 nitrogen and oxygen atoms in total. The number of benzene rings is 1. The summed E-state index contributed by atoms with van der Waals surface area (Å²) in [6.07, 6.45) is 1.58. The first-order valence-electron chi connectivity index (χ1n) is 5.19. The van der Waals surface area contributed by atoms with Crippen molar-refractivity contribution in [3.05, 3.63) is 29.8 Å². The Kier molecular flexibility index (Phi) is 4.78. The molecule has 0 aliphatic carbocycles. The van der Waals surface area contributed by atoms with Gasteiger partial charge in [-0.3, -0.25) is 4.79 Å². The Morgan fingerprint density at radius 3 is 2.44 bits per heavy atom. The Balaban J connectivity index is 2.77. The van der Waals surface area contributed by atoms with E-state index in [1.165, 1.54) is 13.0 Å². The van der Waals surface area contributed by atoms with E-state index >= 15 is 0 Å². The Morgan fingerprint density at radius 2 is 2.00 bits per heavy atom. The zero-order valence-corrected chi connectivity index (χ0v) is 9.71. The van der Waals surface area contributed by atoms with Crippen molar-refractivity contribution < 1.29 is 19.5 Å². The van der Waals surface area contributed by atoms with Crippen LogP contribution in [0, 0.1) is 0 Å². The number of rotatable bonds is 5. The highest BCUT2D eigenvalue weighted by atomic mass is 16.4. The predicted octanol–water partition coefficient (Wildman–Crippen LogP) is 0.786. The number of isocyanates is 1. The second kappa shape index (κ2) is 6.32. The van der Waals surface area contributed by atoms with E-state index in [9.17, 15) is 14.4 Å². The van der Waals surface area contributed by atoms with E-state index in [1.54, 1.807) is 24.3 Å². The molecule has 2 N–H and O–H groups in total. The third kappa shape index (κ3) is 4.19. The van der Waals surface area contributed by atoms with E-state index in [-0.39, 0.29) is 6.42 Å². The molecule has 6 heteroatoms. The van der Waals surface area contributed by atoms with E-state index in [2.05, 4.69) is 10.3 Å². The first kappa shape index (κ1) is 13.6. The van der Waals surface area contributed by atoms with E-state index in [0.717, 1.165) is 5.56 Å². The molecular weight excluding hydrogens is 236 g/mol. The molecule has 1 unspecified atom stereocenters. The molecule has 0 fully saturated rings. The van der Waals surface area contributed by atoms with Crippen molar-refractivity contribution in [3.63, 3.8) is 0 Å². The van der Waals surface area contributed by atoms with Gasteiger partial charge in [-0.15, -0.1) is 0 Å². The summed E-state index contributed by atoms with van der Waals surface area (Å²) in [7, 11) is 0. The van der Waals surface area contributed by atoms with Crippen LogP contribution in [0.5, 0.6) is 0 Å². The molecule has 1 aromatic carbocycles. The first-order valence-corrected chi connectivity index (χ1v) is 5.19. The van der Waals surface area contributed by atoms with Gasteiger partial charge in [-0.05, 0) is 17.7 Å². The Morgan fingerprint density at radius 1 is 1.39 bits per heavy atom. The van der Waals surface area contributed by atoms with Gasteiger partial charge >= 0.3 is 5.97 Å². The summed E-state index contributed by atoms with van der Waals surface area (Å²) in [5, 5.41) is 11.3. The molecule has 1 rings (SSSR count). The third-order valence-electron chi connectivity index (χ3n) is 2.23. The van der Waals surface area contributed by atoms with Gasteiger partial charge in [-0.25, -0.2) is 9.59 Å². The molecule has 1 atom stereocenters. The van der Waals surface area contributed by atoms with Gasteiger partial charge in [0.15, 0.2) is 0 Å². The average molecular weight is 248 g/mol. The number of aliphatic imine (C=N–C) groups is 1. The summed E-state index contributed by atoms with van der Waals surface area (Å²) in [6, 6.07) is 5.48. The summed E-state index contributed by atoms with van der Waals surface area (Å²) in [4.78, 5) is 35.2. The number of carboxylic acids is 1. The van der Waals surface area contributed by atoms with Crippen molar-refractivity contribution in [3.8, 4) is 0 Å². The quantitative estimate of drug-likeness (QED) is 0.594. The molecule has 0 saturated carbocycles. The summed E-state index contributed by atoms with van der Waals surface area (Å²) in [5.41, 5.74) is 1.17. The molecule has 0 bridgehead atoms. The molecular formula is C12H12N2O4. The number of hydrogen-bond acceptors (Lipinski definition) is 4. The van der Waals surface area contributed by atoms with Crippen LogP contribution in [-0.2, 0) is 20.8 Å². The molecule has 1 aromatic rings. The molecule has 0 saturated heterocycles. The Hall–Kier alpha value is -2.46. The number of carbonyl (C=O) groups is 2. The summed E-state index contributed by atoms with van der Waals surface area (Å²) in [5.74, 6) is -1.50. The molecule has 0 heterocycles. The number of hydrogen-bond donors (Lipinski definition) is 2. The highest BCUT2D eigenvalue weighted by molar-refractivity contribution is 5.82. The standard InChI is InChI=1S/C12H12N2O4/c1-8(16)14-11(12(17)18)6-9-2-4-10(5-3-9)13-7-15/h2-5,11H,6H2,1H3,(H,14,16)(H,17,18). The average Bonchev–Trinajstić information content (AvgIpc) is 2.30. The maximum atomic E-state index is 10.9. The fourth-order valence-electron chi connectivity index (χ4n) is 1.44. The van der Waals surface area contributed by atoms with E-state index < -0.39 is 17.9 Å². The molecule has 1 amide bonds. The second-order valence-electron chi connectivity index (χ2n) is 3.67. The van der Waals surface area contributed by atoms with Crippen LogP contribution in [0.3, 0.4) is 0 Å². The van der Waals surface area contributed by atoms with E-state index in [0.29, 0.717) is 5.69 Å². The van der Waals surface area contributed by atoms with Crippen LogP contribution in [-0.4, -0.2) is 29.1 Å². The Bertz CT molecular complexity index is 489. The summed E-state index contributed by atoms with van der Waals surface area (Å²) >= 11 is 0. The van der Waals surface area contributed by atoms with Crippen LogP contribution in [0.4, 0.5) is 5.69 Å². The highest BCUT2D eigenvalue weighted by Gasteiger charge is 2.18. The smallest absolute Gasteiger partial charge is 0.326 e. The van der Waals surface area contributed by atoms with Crippen molar-refractivity contribution >= 4 is 23.6 Å². The minimum Gasteiger partial charge on any atom is -0.480 e. The maximum Gasteiger partial charge on any atom is 0.326 e. The summed E-state index contributed by atoms with van der Waals surface area (Å²) in [6.45, 7) is 1.26. The topological polar surface area (TPSA) is 95.8 Å². The van der Waals surface area contributed by atoms with Gasteiger partial charge in [0, 0.05) is 13.3 Å². The molecule has 0 aliphatic heterocycles. The number of amides is 1. The lowest BCUT2D eigenvalue weighted by Crippen LogP contribution is -2.41. The fourth-order valence-corrected chi connectivity index (χ4v) is 1.44. The van der Waals surface area contributed by atoms with Gasteiger partial charge < -0.3 is 10.4 Å². The van der Waals surface area contributed by atoms with Crippen LogP contribution in [0.1, 0.15) is 12.5 Å². The van der Waals surface area contributed by atoms with Gasteiger partial charge in [-0.1, -0.05) is 12.1 Å². The largest absolute Gasteiger partial charge is 0.480 e. The SMILES string of the molecule is CC(=O)NC(Cc1ccc(N=C=O)cc1)C(=O)O. The first-order chi connectivity index (χ1) is 8.52. The van der Waals surface area contributed by atoms with Crippen molar-refractivity contribution in [2.24, 2.45) is 4.99 Å². The van der Waals surface area contributed by atoms with Gasteiger partial charge in [0.25, 0.3) is 0 Å². The van der Waals surface area contributed by atoms with Crippen molar-refractivity contribution in [1.29, 1.82) is 0 Å². The number of carboxylic acid groups (broad SMARTS) is 1. The molecule has 94 valence electrons. The van der Waals surface area contributed by atoms with Crippen molar-refractivity contribution in [2.75, 3.05) is 0 Å². The number of aliphatic carboxylic acids is 1. The minimum atomic E-state index is -1.10. The number of nitrogens with one attached hydrogen (secondary N) is 1. The lowest BCUT2D eigenvalue weighted by molar-refractivity contribution is -0.141. The van der Waals surface area contributed by atoms with Crippen LogP contribution in [0.2, 0.25) is 0 Å². The molecule has 0 radical (unpaired) electrons. The van der Waals surface area contributed by atoms with E-state index in [4.69, 9.17) is 5.11 Å². The fraction of sp³-hybridized carbons (Fsp3) is 0.250. The molecule has 18 heavy (non-hydrogen) atoms. The molecule has 0 aromatic heterocycles. The van der Waals surface area contributed by atoms with Gasteiger partial charge in [0.05, 0.1) is 5.69 Å². The van der Waals surface area contributed by atoms with Crippen LogP contribution < -0.4 is 5.32 Å². The van der Waals surface area contributed by atoms with Gasteiger partial charge in [-0.2, -0.15) is 4.99 Å². The van der Waals surface area contributed by atoms with Crippen LogP contribution in [0.25, 0.3) is 0 Å². The Labute approximate surface area is 103 Å². The lowest BCUT2D eigenvalue weighted by atomic mass is 10.1. The lowest BCUT2D eigenvalue weighted by Gasteiger charge is -2.13. The van der Waals surface area contributed by atoms with Crippen LogP contribution >= 0.6 is 0 Å². The highest BCUT2D eigenvalue weighted by Crippen LogP contribution is 2.13. The van der Waals surface area contributed by atoms with Crippen molar-refractivity contribution in [1.82, 2.24) is 5.32 Å². The van der Waals surface area contributed by atoms with Crippen LogP contribution in [0.15, 0.2) is 29.3 Å². The normalized spacial score (nSPS) is 11.2. The molecule has 0 spiro atoms. The van der Waals surface area contributed by atoms with Crippen molar-refractivity contribution in [2.45, 2.75) is 19.4 Å². The number of nitrogens with zero attached hydrogens (tertiary/aromatic N) is 1. The maximum absolute atomic E-state index is 10.9. The monoisotopic (exact) mass is 248 g/mol. The zero-order valence-electron chi connectivity index (χ0n) is 9.71. The third-order valence-corrected chi connectivity index (χ3v) is 2.23.